The van der Waals surface area contributed by atoms with E-state index < -0.39 is 5.97 Å². The fourth-order valence-corrected chi connectivity index (χ4v) is 2.35. The molecule has 0 fully saturated rings. The molecule has 0 saturated heterocycles. The van der Waals surface area contributed by atoms with Crippen LogP contribution >= 0.6 is 0 Å². The number of aromatic nitrogens is 1. The van der Waals surface area contributed by atoms with Gasteiger partial charge in [0.05, 0.1) is 11.3 Å². The van der Waals surface area contributed by atoms with Crippen LogP contribution in [-0.2, 0) is 11.8 Å². The molecule has 0 aliphatic carbocycles. The Morgan fingerprint density at radius 1 is 1.25 bits per heavy atom. The maximum absolute atomic E-state index is 11.5. The summed E-state index contributed by atoms with van der Waals surface area (Å²) in [6.07, 6.45) is 0.885. The number of nitrogens with zero attached hydrogens (tertiary/aromatic N) is 1. The minimum absolute atomic E-state index is 0.269. The Kier molecular flexibility index (Phi) is 4.95. The number of carboxylic acids is 1. The van der Waals surface area contributed by atoms with E-state index in [1.807, 2.05) is 26.8 Å². The number of hydrogen-bond donors (Lipinski definition) is 1. The van der Waals surface area contributed by atoms with E-state index in [-0.39, 0.29) is 11.3 Å². The van der Waals surface area contributed by atoms with Gasteiger partial charge in [0.1, 0.15) is 0 Å². The highest BCUT2D eigenvalue weighted by Crippen LogP contribution is 2.30. The molecule has 0 bridgehead atoms. The second kappa shape index (κ2) is 5.94. The molecule has 112 valence electrons. The van der Waals surface area contributed by atoms with Gasteiger partial charge in [0, 0.05) is 11.1 Å². The second-order valence-electron chi connectivity index (χ2n) is 7.23. The largest absolute Gasteiger partial charge is 0.478 e. The first-order chi connectivity index (χ1) is 9.04. The zero-order valence-electron chi connectivity index (χ0n) is 13.7. The van der Waals surface area contributed by atoms with Crippen LogP contribution in [0, 0.1) is 5.92 Å². The molecule has 0 unspecified atom stereocenters. The third-order valence-corrected chi connectivity index (χ3v) is 3.30. The van der Waals surface area contributed by atoms with E-state index >= 15 is 0 Å². The molecular weight excluding hydrogens is 250 g/mol. The Bertz CT molecular complexity index is 496. The molecule has 0 radical (unpaired) electrons. The molecule has 0 atom stereocenters. The third-order valence-electron chi connectivity index (χ3n) is 3.30. The van der Waals surface area contributed by atoms with Gasteiger partial charge in [0.15, 0.2) is 0 Å². The molecule has 0 saturated carbocycles. The summed E-state index contributed by atoms with van der Waals surface area (Å²) in [5.41, 5.74) is 2.86. The SMILES string of the molecule is CC(C)Cc1nc(C(C)(C)C)c(C(=O)O)cc1C(C)C. The van der Waals surface area contributed by atoms with Crippen molar-refractivity contribution in [1.29, 1.82) is 0 Å². The smallest absolute Gasteiger partial charge is 0.337 e. The van der Waals surface area contributed by atoms with Gasteiger partial charge in [-0.1, -0.05) is 48.5 Å². The topological polar surface area (TPSA) is 50.2 Å². The molecule has 0 aliphatic heterocycles. The van der Waals surface area contributed by atoms with Gasteiger partial charge < -0.3 is 5.11 Å². The summed E-state index contributed by atoms with van der Waals surface area (Å²) < 4.78 is 0. The molecule has 20 heavy (non-hydrogen) atoms. The summed E-state index contributed by atoms with van der Waals surface area (Å²) in [7, 11) is 0. The lowest BCUT2D eigenvalue weighted by atomic mass is 9.85. The van der Waals surface area contributed by atoms with Crippen molar-refractivity contribution in [3.05, 3.63) is 28.6 Å². The minimum atomic E-state index is -0.888. The molecular formula is C17H27NO2. The summed E-state index contributed by atoms with van der Waals surface area (Å²) in [6.45, 7) is 14.5. The van der Waals surface area contributed by atoms with Crippen molar-refractivity contribution in [2.45, 2.75) is 66.2 Å². The van der Waals surface area contributed by atoms with Crippen molar-refractivity contribution in [3.63, 3.8) is 0 Å². The van der Waals surface area contributed by atoms with Crippen LogP contribution in [0.3, 0.4) is 0 Å². The first-order valence-electron chi connectivity index (χ1n) is 7.31. The maximum atomic E-state index is 11.5. The Labute approximate surface area is 122 Å². The van der Waals surface area contributed by atoms with Crippen molar-refractivity contribution in [3.8, 4) is 0 Å². The average molecular weight is 277 g/mol. The van der Waals surface area contributed by atoms with E-state index in [0.29, 0.717) is 17.2 Å². The summed E-state index contributed by atoms with van der Waals surface area (Å²) in [5.74, 6) is -0.104. The average Bonchev–Trinajstić information content (AvgIpc) is 2.25. The van der Waals surface area contributed by atoms with Gasteiger partial charge in [0.25, 0.3) is 0 Å². The van der Waals surface area contributed by atoms with Crippen LogP contribution in [-0.4, -0.2) is 16.1 Å². The molecule has 0 aromatic carbocycles. The van der Waals surface area contributed by atoms with Gasteiger partial charge in [-0.2, -0.15) is 0 Å². The molecule has 1 rings (SSSR count). The van der Waals surface area contributed by atoms with E-state index in [1.54, 1.807) is 0 Å². The third kappa shape index (κ3) is 3.81. The monoisotopic (exact) mass is 277 g/mol. The van der Waals surface area contributed by atoms with Crippen LogP contribution in [0.2, 0.25) is 0 Å². The van der Waals surface area contributed by atoms with Crippen molar-refractivity contribution < 1.29 is 9.90 Å². The summed E-state index contributed by atoms with van der Waals surface area (Å²) >= 11 is 0. The van der Waals surface area contributed by atoms with Crippen LogP contribution in [0.15, 0.2) is 6.07 Å². The molecule has 1 aromatic heterocycles. The van der Waals surface area contributed by atoms with Crippen molar-refractivity contribution in [1.82, 2.24) is 4.98 Å². The molecule has 3 nitrogen and oxygen atoms in total. The lowest BCUT2D eigenvalue weighted by Crippen LogP contribution is -2.22. The number of aromatic carboxylic acids is 1. The standard InChI is InChI=1S/C17H27NO2/c1-10(2)8-14-12(11(3)4)9-13(16(19)20)15(18-14)17(5,6)7/h9-11H,8H2,1-7H3,(H,19,20). The van der Waals surface area contributed by atoms with E-state index in [4.69, 9.17) is 4.98 Å². The van der Waals surface area contributed by atoms with E-state index in [9.17, 15) is 9.90 Å². The molecule has 1 aromatic rings. The lowest BCUT2D eigenvalue weighted by molar-refractivity contribution is 0.0693. The first-order valence-corrected chi connectivity index (χ1v) is 7.31. The van der Waals surface area contributed by atoms with Crippen molar-refractivity contribution in [2.24, 2.45) is 5.92 Å². The first kappa shape index (κ1) is 16.7. The summed E-state index contributed by atoms with van der Waals surface area (Å²) in [4.78, 5) is 16.3. The predicted molar refractivity (Wildman–Crippen MR) is 82.5 cm³/mol. The second-order valence-corrected chi connectivity index (χ2v) is 7.23. The van der Waals surface area contributed by atoms with E-state index in [1.165, 1.54) is 0 Å². The van der Waals surface area contributed by atoms with Crippen molar-refractivity contribution in [2.75, 3.05) is 0 Å². The summed E-state index contributed by atoms with van der Waals surface area (Å²) in [6, 6.07) is 1.83. The highest BCUT2D eigenvalue weighted by molar-refractivity contribution is 5.89. The van der Waals surface area contributed by atoms with Crippen LogP contribution in [0.1, 0.15) is 81.7 Å². The van der Waals surface area contributed by atoms with Gasteiger partial charge >= 0.3 is 5.97 Å². The Morgan fingerprint density at radius 2 is 1.80 bits per heavy atom. The molecule has 3 heteroatoms. The normalized spacial score (nSPS) is 12.2. The van der Waals surface area contributed by atoms with Gasteiger partial charge in [-0.05, 0) is 29.9 Å². The summed E-state index contributed by atoms with van der Waals surface area (Å²) in [5, 5.41) is 9.47. The Morgan fingerprint density at radius 3 is 2.15 bits per heavy atom. The highest BCUT2D eigenvalue weighted by Gasteiger charge is 2.26. The van der Waals surface area contributed by atoms with Gasteiger partial charge in [-0.25, -0.2) is 4.79 Å². The van der Waals surface area contributed by atoms with E-state index in [2.05, 4.69) is 27.7 Å². The molecule has 1 N–H and O–H groups in total. The van der Waals surface area contributed by atoms with Crippen LogP contribution < -0.4 is 0 Å². The Hall–Kier alpha value is -1.38. The van der Waals surface area contributed by atoms with Crippen LogP contribution in [0.4, 0.5) is 0 Å². The maximum Gasteiger partial charge on any atom is 0.337 e. The zero-order valence-corrected chi connectivity index (χ0v) is 13.7. The fraction of sp³-hybridized carbons (Fsp3) is 0.647. The van der Waals surface area contributed by atoms with Gasteiger partial charge in [-0.15, -0.1) is 0 Å². The quantitative estimate of drug-likeness (QED) is 0.887. The molecule has 0 amide bonds. The number of carboxylic acid groups (broad SMARTS) is 1. The van der Waals surface area contributed by atoms with Crippen molar-refractivity contribution >= 4 is 5.97 Å². The fourth-order valence-electron chi connectivity index (χ4n) is 2.35. The van der Waals surface area contributed by atoms with Gasteiger partial charge in [0.2, 0.25) is 0 Å². The van der Waals surface area contributed by atoms with Crippen LogP contribution in [0.5, 0.6) is 0 Å². The number of carbonyl (C=O) groups is 1. The van der Waals surface area contributed by atoms with E-state index in [0.717, 1.165) is 17.7 Å². The number of pyridine rings is 1. The highest BCUT2D eigenvalue weighted by atomic mass is 16.4. The zero-order chi connectivity index (χ0) is 15.7. The van der Waals surface area contributed by atoms with Crippen LogP contribution in [0.25, 0.3) is 0 Å². The molecule has 1 heterocycles. The molecule has 0 spiro atoms. The minimum Gasteiger partial charge on any atom is -0.478 e. The van der Waals surface area contributed by atoms with Gasteiger partial charge in [-0.3, -0.25) is 4.98 Å². The Balaban J connectivity index is 3.56. The lowest BCUT2D eigenvalue weighted by Gasteiger charge is -2.24. The number of rotatable bonds is 4. The predicted octanol–water partition coefficient (Wildman–Crippen LogP) is 4.40. The number of hydrogen-bond acceptors (Lipinski definition) is 2. The molecule has 0 aliphatic rings.